The van der Waals surface area contributed by atoms with E-state index in [4.69, 9.17) is 11.6 Å². The highest BCUT2D eigenvalue weighted by Gasteiger charge is 2.37. The second kappa shape index (κ2) is 12.1. The zero-order chi connectivity index (χ0) is 25.1. The van der Waals surface area contributed by atoms with Gasteiger partial charge in [0.25, 0.3) is 0 Å². The van der Waals surface area contributed by atoms with Gasteiger partial charge >= 0.3 is 0 Å². The Labute approximate surface area is 227 Å². The maximum atomic E-state index is 5.20. The number of aliphatic imine (C=N–C) groups is 1. The highest BCUT2D eigenvalue weighted by Crippen LogP contribution is 2.47. The maximum Gasteiger partial charge on any atom is 0.0634 e. The van der Waals surface area contributed by atoms with Gasteiger partial charge in [-0.25, -0.2) is 0 Å². The molecule has 0 radical (unpaired) electrons. The second-order valence-corrected chi connectivity index (χ2v) is 12.6. The molecule has 1 fully saturated rings. The van der Waals surface area contributed by atoms with Gasteiger partial charge in [0.05, 0.1) is 5.71 Å². The summed E-state index contributed by atoms with van der Waals surface area (Å²) in [5.41, 5.74) is 9.11. The van der Waals surface area contributed by atoms with Crippen molar-refractivity contribution in [3.63, 3.8) is 0 Å². The Morgan fingerprint density at radius 3 is 2.57 bits per heavy atom. The van der Waals surface area contributed by atoms with Crippen LogP contribution in [0.1, 0.15) is 103 Å². The summed E-state index contributed by atoms with van der Waals surface area (Å²) < 4.78 is 0. The van der Waals surface area contributed by atoms with E-state index in [0.717, 1.165) is 18.4 Å². The van der Waals surface area contributed by atoms with E-state index in [1.54, 1.807) is 16.7 Å². The van der Waals surface area contributed by atoms with E-state index in [9.17, 15) is 0 Å². The molecule has 3 aliphatic carbocycles. The molecule has 1 heteroatoms. The third-order valence-corrected chi connectivity index (χ3v) is 9.88. The Balaban J connectivity index is 0.00000320. The fraction of sp³-hybridized carbons (Fsp3) is 0.583. The first-order valence-electron chi connectivity index (χ1n) is 14.8. The molecule has 0 spiro atoms. The Morgan fingerprint density at radius 2 is 1.86 bits per heavy atom. The number of hydrogen-bond donors (Lipinski definition) is 0. The van der Waals surface area contributed by atoms with Gasteiger partial charge in [-0.05, 0) is 104 Å². The molecule has 1 aliphatic heterocycles. The van der Waals surface area contributed by atoms with Crippen molar-refractivity contribution in [2.45, 2.75) is 104 Å². The molecule has 0 bridgehead atoms. The summed E-state index contributed by atoms with van der Waals surface area (Å²) in [6.45, 7) is 12.7. The van der Waals surface area contributed by atoms with E-state index in [1.807, 2.05) is 0 Å². The molecule has 4 atom stereocenters. The summed E-state index contributed by atoms with van der Waals surface area (Å²) in [7, 11) is 0. The standard InChI is InChI=1S/C35H47N.CH4/c1-25-13-16-31(17-14-25)35(19-9-6-10-20-35)23-26(2)28(4)34-32-18-15-30(21-29-11-7-5-8-12-29)22-33(32)27(3)24-36-34;/h5,7-8,11,13-14,16-17,26-27,29-30H,4,6,9-10,12,15,18-24H2,1-3H3;1H4. The van der Waals surface area contributed by atoms with Crippen LogP contribution in [0.3, 0.4) is 0 Å². The molecule has 1 aromatic carbocycles. The van der Waals surface area contributed by atoms with Crippen LogP contribution in [0.15, 0.2) is 76.9 Å². The lowest BCUT2D eigenvalue weighted by atomic mass is 9.63. The van der Waals surface area contributed by atoms with Crippen LogP contribution in [-0.2, 0) is 5.41 Å². The van der Waals surface area contributed by atoms with Crippen LogP contribution in [0, 0.1) is 30.6 Å². The van der Waals surface area contributed by atoms with Gasteiger partial charge in [0, 0.05) is 6.54 Å². The minimum absolute atomic E-state index is 0. The predicted octanol–water partition coefficient (Wildman–Crippen LogP) is 10.1. The van der Waals surface area contributed by atoms with E-state index in [-0.39, 0.29) is 7.43 Å². The molecule has 0 saturated heterocycles. The van der Waals surface area contributed by atoms with Crippen LogP contribution in [0.2, 0.25) is 0 Å². The molecule has 1 heterocycles. The highest BCUT2D eigenvalue weighted by molar-refractivity contribution is 6.13. The van der Waals surface area contributed by atoms with Gasteiger partial charge in [-0.2, -0.15) is 0 Å². The van der Waals surface area contributed by atoms with Crippen molar-refractivity contribution in [1.29, 1.82) is 0 Å². The Bertz CT molecular complexity index is 1060. The summed E-state index contributed by atoms with van der Waals surface area (Å²) in [4.78, 5) is 5.20. The topological polar surface area (TPSA) is 12.4 Å². The SMILES string of the molecule is C.C=C(C1=NCC(C)C2=C1CCC(CC1C=CC=CC1)C2)C(C)CC1(c2ccc(C)cc2)CCCCC1. The molecular weight excluding hydrogens is 446 g/mol. The van der Waals surface area contributed by atoms with Crippen molar-refractivity contribution in [1.82, 2.24) is 0 Å². The minimum atomic E-state index is 0. The van der Waals surface area contributed by atoms with Crippen LogP contribution < -0.4 is 0 Å². The zero-order valence-electron chi connectivity index (χ0n) is 23.1. The Kier molecular flexibility index (Phi) is 9.15. The van der Waals surface area contributed by atoms with E-state index < -0.39 is 0 Å². The zero-order valence-corrected chi connectivity index (χ0v) is 23.1. The van der Waals surface area contributed by atoms with Crippen molar-refractivity contribution < 1.29 is 0 Å². The van der Waals surface area contributed by atoms with Gasteiger partial charge in [0.2, 0.25) is 0 Å². The number of allylic oxidation sites excluding steroid dienone is 6. The summed E-state index contributed by atoms with van der Waals surface area (Å²) in [6, 6.07) is 9.45. The lowest BCUT2D eigenvalue weighted by molar-refractivity contribution is 0.251. The Hall–Kier alpha value is -2.15. The van der Waals surface area contributed by atoms with Crippen LogP contribution in [0.5, 0.6) is 0 Å². The predicted molar refractivity (Wildman–Crippen MR) is 162 cm³/mol. The van der Waals surface area contributed by atoms with E-state index in [0.29, 0.717) is 17.3 Å². The molecule has 200 valence electrons. The number of dihydropyridines is 1. The van der Waals surface area contributed by atoms with E-state index >= 15 is 0 Å². The Morgan fingerprint density at radius 1 is 1.11 bits per heavy atom. The molecule has 37 heavy (non-hydrogen) atoms. The molecule has 0 N–H and O–H groups in total. The molecule has 1 saturated carbocycles. The van der Waals surface area contributed by atoms with Gasteiger partial charge in [0.15, 0.2) is 0 Å². The lowest BCUT2D eigenvalue weighted by Crippen LogP contribution is -2.33. The third kappa shape index (κ3) is 6.13. The number of hydrogen-bond acceptors (Lipinski definition) is 1. The maximum absolute atomic E-state index is 5.20. The quantitative estimate of drug-likeness (QED) is 0.355. The third-order valence-electron chi connectivity index (χ3n) is 9.88. The summed E-state index contributed by atoms with van der Waals surface area (Å²) in [5, 5.41) is 0. The molecule has 5 rings (SSSR count). The molecule has 4 unspecified atom stereocenters. The monoisotopic (exact) mass is 497 g/mol. The molecular formula is C36H51N. The van der Waals surface area contributed by atoms with Crippen LogP contribution in [0.25, 0.3) is 0 Å². The first-order chi connectivity index (χ1) is 17.4. The van der Waals surface area contributed by atoms with Gasteiger partial charge < -0.3 is 0 Å². The molecule has 0 aromatic heterocycles. The number of rotatable bonds is 7. The van der Waals surface area contributed by atoms with Gasteiger partial charge in [0.1, 0.15) is 0 Å². The first kappa shape index (κ1) is 27.9. The van der Waals surface area contributed by atoms with Gasteiger partial charge in [-0.3, -0.25) is 4.99 Å². The molecule has 1 aromatic rings. The fourth-order valence-electron chi connectivity index (χ4n) is 7.67. The molecule has 0 amide bonds. The number of nitrogens with zero attached hydrogens (tertiary/aromatic N) is 1. The average molecular weight is 498 g/mol. The lowest BCUT2D eigenvalue weighted by Gasteiger charge is -2.41. The van der Waals surface area contributed by atoms with Crippen LogP contribution >= 0.6 is 0 Å². The summed E-state index contributed by atoms with van der Waals surface area (Å²) in [5.74, 6) is 2.61. The molecule has 4 aliphatic rings. The fourth-order valence-corrected chi connectivity index (χ4v) is 7.67. The summed E-state index contributed by atoms with van der Waals surface area (Å²) in [6.07, 6.45) is 23.5. The number of aryl methyl sites for hydroxylation is 1. The smallest absolute Gasteiger partial charge is 0.0634 e. The van der Waals surface area contributed by atoms with Crippen molar-refractivity contribution >= 4 is 5.71 Å². The van der Waals surface area contributed by atoms with Crippen LogP contribution in [-0.4, -0.2) is 12.3 Å². The van der Waals surface area contributed by atoms with E-state index in [2.05, 4.69) is 69.3 Å². The normalized spacial score (nSPS) is 27.6. The number of benzene rings is 1. The van der Waals surface area contributed by atoms with E-state index in [1.165, 1.54) is 87.5 Å². The minimum Gasteiger partial charge on any atom is -0.284 e. The van der Waals surface area contributed by atoms with Gasteiger partial charge in [-0.15, -0.1) is 0 Å². The van der Waals surface area contributed by atoms with Crippen molar-refractivity contribution in [2.75, 3.05) is 6.54 Å². The average Bonchev–Trinajstić information content (AvgIpc) is 2.90. The van der Waals surface area contributed by atoms with Crippen molar-refractivity contribution in [3.8, 4) is 0 Å². The largest absolute Gasteiger partial charge is 0.284 e. The van der Waals surface area contributed by atoms with Crippen molar-refractivity contribution in [3.05, 3.63) is 83.0 Å². The second-order valence-electron chi connectivity index (χ2n) is 12.6. The summed E-state index contributed by atoms with van der Waals surface area (Å²) >= 11 is 0. The molecule has 1 nitrogen and oxygen atoms in total. The van der Waals surface area contributed by atoms with Crippen molar-refractivity contribution in [2.24, 2.45) is 28.7 Å². The van der Waals surface area contributed by atoms with Gasteiger partial charge in [-0.1, -0.05) is 107 Å². The first-order valence-corrected chi connectivity index (χ1v) is 14.8. The highest BCUT2D eigenvalue weighted by atomic mass is 14.8. The van der Waals surface area contributed by atoms with Crippen LogP contribution in [0.4, 0.5) is 0 Å².